The minimum absolute atomic E-state index is 0.0471. The van der Waals surface area contributed by atoms with Gasteiger partial charge in [-0.05, 0) is 70.3 Å². The van der Waals surface area contributed by atoms with E-state index < -0.39 is 6.10 Å². The number of aliphatic hydroxyl groups excluding tert-OH is 1. The van der Waals surface area contributed by atoms with Crippen LogP contribution in [0.5, 0.6) is 0 Å². The summed E-state index contributed by atoms with van der Waals surface area (Å²) in [5.74, 6) is 2.47. The summed E-state index contributed by atoms with van der Waals surface area (Å²) < 4.78 is 0. The van der Waals surface area contributed by atoms with E-state index >= 15 is 0 Å². The monoisotopic (exact) mass is 533 g/mol. The zero-order valence-corrected chi connectivity index (χ0v) is 23.6. The van der Waals surface area contributed by atoms with E-state index in [1.54, 1.807) is 11.8 Å². The van der Waals surface area contributed by atoms with Crippen molar-refractivity contribution in [3.63, 3.8) is 0 Å². The van der Waals surface area contributed by atoms with Crippen molar-refractivity contribution in [3.8, 4) is 0 Å². The highest BCUT2D eigenvalue weighted by atomic mass is 32.2. The van der Waals surface area contributed by atoms with Crippen molar-refractivity contribution in [3.05, 3.63) is 30.3 Å². The molecule has 5 atom stereocenters. The third-order valence-corrected chi connectivity index (χ3v) is 10.2. The summed E-state index contributed by atoms with van der Waals surface area (Å²) in [5, 5.41) is 18.4. The van der Waals surface area contributed by atoms with Gasteiger partial charge in [0.2, 0.25) is 11.8 Å². The molecule has 3 fully saturated rings. The van der Waals surface area contributed by atoms with Crippen LogP contribution in [0.15, 0.2) is 35.2 Å². The van der Waals surface area contributed by atoms with Crippen LogP contribution >= 0.6 is 23.5 Å². The molecule has 0 spiro atoms. The second-order valence-corrected chi connectivity index (χ2v) is 14.1. The van der Waals surface area contributed by atoms with E-state index in [9.17, 15) is 14.7 Å². The molecule has 36 heavy (non-hydrogen) atoms. The van der Waals surface area contributed by atoms with Crippen LogP contribution < -0.4 is 10.6 Å². The lowest BCUT2D eigenvalue weighted by atomic mass is 9.89. The quantitative estimate of drug-likeness (QED) is 0.418. The molecule has 0 bridgehead atoms. The van der Waals surface area contributed by atoms with Gasteiger partial charge in [0.05, 0.1) is 18.2 Å². The van der Waals surface area contributed by atoms with Crippen molar-refractivity contribution in [1.82, 2.24) is 15.5 Å². The summed E-state index contributed by atoms with van der Waals surface area (Å²) in [7, 11) is 0. The molecule has 1 saturated carbocycles. The number of rotatable bonds is 9. The normalized spacial score (nSPS) is 26.8. The Labute approximate surface area is 225 Å². The molecule has 4 unspecified atom stereocenters. The van der Waals surface area contributed by atoms with Crippen molar-refractivity contribution in [1.29, 1.82) is 0 Å². The van der Waals surface area contributed by atoms with Gasteiger partial charge in [-0.2, -0.15) is 11.8 Å². The lowest BCUT2D eigenvalue weighted by molar-refractivity contribution is -0.131. The Bertz CT molecular complexity index is 873. The van der Waals surface area contributed by atoms with E-state index in [2.05, 4.69) is 27.7 Å². The highest BCUT2D eigenvalue weighted by Gasteiger charge is 2.43. The van der Waals surface area contributed by atoms with Crippen LogP contribution in [-0.4, -0.2) is 75.4 Å². The lowest BCUT2D eigenvalue weighted by Crippen LogP contribution is -2.60. The summed E-state index contributed by atoms with van der Waals surface area (Å²) in [5.41, 5.74) is -0.300. The molecule has 1 aromatic rings. The molecule has 2 heterocycles. The van der Waals surface area contributed by atoms with Crippen molar-refractivity contribution in [2.75, 3.05) is 24.6 Å². The topological polar surface area (TPSA) is 81.7 Å². The zero-order valence-electron chi connectivity index (χ0n) is 21.9. The van der Waals surface area contributed by atoms with Crippen molar-refractivity contribution in [2.24, 2.45) is 11.8 Å². The Balaban J connectivity index is 1.46. The van der Waals surface area contributed by atoms with Gasteiger partial charge < -0.3 is 15.7 Å². The molecule has 6 nitrogen and oxygen atoms in total. The molecular weight excluding hydrogens is 490 g/mol. The van der Waals surface area contributed by atoms with Crippen molar-refractivity contribution in [2.45, 2.75) is 93.2 Å². The highest BCUT2D eigenvalue weighted by molar-refractivity contribution is 8.00. The molecule has 2 saturated heterocycles. The maximum absolute atomic E-state index is 13.3. The fraction of sp³-hybridized carbons (Fsp3) is 0.714. The first-order chi connectivity index (χ1) is 17.2. The van der Waals surface area contributed by atoms with Crippen LogP contribution in [0.25, 0.3) is 0 Å². The smallest absolute Gasteiger partial charge is 0.237 e. The Morgan fingerprint density at radius 1 is 1.14 bits per heavy atom. The van der Waals surface area contributed by atoms with Gasteiger partial charge in [-0.15, -0.1) is 11.8 Å². The largest absolute Gasteiger partial charge is 0.390 e. The first-order valence-corrected chi connectivity index (χ1v) is 15.6. The molecule has 0 aromatic heterocycles. The average molecular weight is 534 g/mol. The van der Waals surface area contributed by atoms with Crippen LogP contribution in [0.2, 0.25) is 0 Å². The highest BCUT2D eigenvalue weighted by Crippen LogP contribution is 2.40. The van der Waals surface area contributed by atoms with Crippen molar-refractivity contribution >= 4 is 35.3 Å². The summed E-state index contributed by atoms with van der Waals surface area (Å²) >= 11 is 3.65. The number of β-amino-alcohol motifs (C(OH)–C–C–N with tert-alkyl or cyclic N) is 1. The number of aliphatic hydroxyl groups is 1. The lowest BCUT2D eigenvalue weighted by Gasteiger charge is -2.43. The van der Waals surface area contributed by atoms with Gasteiger partial charge in [-0.25, -0.2) is 0 Å². The van der Waals surface area contributed by atoms with E-state index in [4.69, 9.17) is 0 Å². The second kappa shape index (κ2) is 12.5. The number of hydrogen-bond donors (Lipinski definition) is 3. The van der Waals surface area contributed by atoms with E-state index in [-0.39, 0.29) is 35.4 Å². The summed E-state index contributed by atoms with van der Waals surface area (Å²) in [6.07, 6.45) is 5.31. The molecule has 1 aromatic carbocycles. The third-order valence-electron chi connectivity index (χ3n) is 7.62. The SMILES string of the molecule is CC(C)(C)NC(=O)[C@@H]1CC2SCCC2CN1CC(O)C(CSc1ccccc1)NC(=O)C1CCCC1. The number of likely N-dealkylation sites (tertiary alicyclic amines) is 1. The molecule has 3 aliphatic rings. The number of carbonyl (C=O) groups is 2. The Morgan fingerprint density at radius 2 is 1.86 bits per heavy atom. The number of nitrogens with zero attached hydrogens (tertiary/aromatic N) is 1. The van der Waals surface area contributed by atoms with Gasteiger partial charge in [-0.3, -0.25) is 14.5 Å². The minimum atomic E-state index is -0.748. The molecule has 1 aliphatic carbocycles. The maximum atomic E-state index is 13.3. The zero-order chi connectivity index (χ0) is 25.7. The van der Waals surface area contributed by atoms with Crippen LogP contribution in [-0.2, 0) is 9.59 Å². The van der Waals surface area contributed by atoms with E-state index in [1.807, 2.05) is 50.7 Å². The third kappa shape index (κ3) is 7.65. The molecule has 2 amide bonds. The number of carbonyl (C=O) groups excluding carboxylic acids is 2. The van der Waals surface area contributed by atoms with Crippen LogP contribution in [0.4, 0.5) is 0 Å². The van der Waals surface area contributed by atoms with Crippen LogP contribution in [0.3, 0.4) is 0 Å². The van der Waals surface area contributed by atoms with Crippen molar-refractivity contribution < 1.29 is 14.7 Å². The number of piperidine rings is 1. The van der Waals surface area contributed by atoms with Gasteiger partial charge >= 0.3 is 0 Å². The van der Waals surface area contributed by atoms with Gasteiger partial charge in [-0.1, -0.05) is 31.0 Å². The maximum Gasteiger partial charge on any atom is 0.237 e. The Hall–Kier alpha value is -1.22. The molecule has 200 valence electrons. The van der Waals surface area contributed by atoms with Gasteiger partial charge in [0.1, 0.15) is 0 Å². The van der Waals surface area contributed by atoms with Gasteiger partial charge in [0.15, 0.2) is 0 Å². The average Bonchev–Trinajstić information content (AvgIpc) is 3.52. The van der Waals surface area contributed by atoms with Crippen LogP contribution in [0, 0.1) is 11.8 Å². The predicted octanol–water partition coefficient (Wildman–Crippen LogP) is 3.93. The number of benzene rings is 1. The number of fused-ring (bicyclic) bond motifs is 1. The number of thioether (sulfide) groups is 2. The summed E-state index contributed by atoms with van der Waals surface area (Å²) in [4.78, 5) is 29.7. The second-order valence-electron chi connectivity index (χ2n) is 11.7. The molecule has 4 rings (SSSR count). The van der Waals surface area contributed by atoms with Crippen LogP contribution in [0.1, 0.15) is 59.3 Å². The van der Waals surface area contributed by atoms with E-state index in [0.717, 1.165) is 49.3 Å². The number of amides is 2. The molecular formula is C28H43N3O3S2. The number of hydrogen-bond acceptors (Lipinski definition) is 6. The fourth-order valence-electron chi connectivity index (χ4n) is 5.69. The Morgan fingerprint density at radius 3 is 2.56 bits per heavy atom. The van der Waals surface area contributed by atoms with E-state index in [1.165, 1.54) is 6.42 Å². The molecule has 2 aliphatic heterocycles. The minimum Gasteiger partial charge on any atom is -0.390 e. The Kier molecular flexibility index (Phi) is 9.69. The predicted molar refractivity (Wildman–Crippen MR) is 149 cm³/mol. The standard InChI is InChI=1S/C28H43N3O3S2/c1-28(2,3)30-27(34)23-15-25-20(13-14-35-25)16-31(23)17-24(32)22(18-36-21-11-5-4-6-12-21)29-26(33)19-9-7-8-10-19/h4-6,11-12,19-20,22-25,32H,7-10,13-18H2,1-3H3,(H,29,33)(H,30,34)/t20?,22?,23-,24?,25?/m0/s1. The van der Waals surface area contributed by atoms with Gasteiger partial charge in [0.25, 0.3) is 0 Å². The molecule has 3 N–H and O–H groups in total. The first kappa shape index (κ1) is 27.8. The molecule has 0 radical (unpaired) electrons. The molecule has 8 heteroatoms. The summed E-state index contributed by atoms with van der Waals surface area (Å²) in [6.45, 7) is 7.24. The van der Waals surface area contributed by atoms with E-state index in [0.29, 0.717) is 23.5 Å². The first-order valence-electron chi connectivity index (χ1n) is 13.5. The number of nitrogens with one attached hydrogen (secondary N) is 2. The fourth-order valence-corrected chi connectivity index (χ4v) is 8.28. The van der Waals surface area contributed by atoms with Gasteiger partial charge in [0, 0.05) is 40.4 Å². The summed E-state index contributed by atoms with van der Waals surface area (Å²) in [6, 6.07) is 9.50.